The Bertz CT molecular complexity index is 377. The van der Waals surface area contributed by atoms with Crippen LogP contribution in [0.2, 0.25) is 0 Å². The average Bonchev–Trinajstić information content (AvgIpc) is 2.03. The van der Waals surface area contributed by atoms with Gasteiger partial charge in [-0.2, -0.15) is 0 Å². The minimum atomic E-state index is -1.37. The van der Waals surface area contributed by atoms with Crippen LogP contribution in [0, 0.1) is 0 Å². The van der Waals surface area contributed by atoms with Gasteiger partial charge in [0.05, 0.1) is 5.56 Å². The third-order valence-electron chi connectivity index (χ3n) is 1.31. The zero-order chi connectivity index (χ0) is 10.0. The Labute approximate surface area is 78.4 Å². The predicted octanol–water partition coefficient (Wildman–Crippen LogP) is 0.767. The van der Waals surface area contributed by atoms with Crippen LogP contribution in [0.1, 0.15) is 20.8 Å². The molecule has 0 amide bonds. The molecule has 1 heterocycles. The predicted molar refractivity (Wildman–Crippen MR) is 45.4 cm³/mol. The number of aromatic nitrogens is 1. The lowest BCUT2D eigenvalue weighted by Gasteiger charge is -1.99. The maximum Gasteiger partial charge on any atom is 0.355 e. The van der Waals surface area contributed by atoms with Gasteiger partial charge in [0, 0.05) is 11.1 Å². The van der Waals surface area contributed by atoms with E-state index in [1.54, 1.807) is 0 Å². The molecule has 0 aliphatic rings. The maximum absolute atomic E-state index is 10.5. The van der Waals surface area contributed by atoms with Crippen molar-refractivity contribution < 1.29 is 19.8 Å². The number of hydrogen-bond donors (Lipinski definition) is 3. The largest absolute Gasteiger partial charge is 0.478 e. The minimum Gasteiger partial charge on any atom is -0.478 e. The summed E-state index contributed by atoms with van der Waals surface area (Å²) in [6.07, 6.45) is 1.18. The number of aromatic carboxylic acids is 2. The summed E-state index contributed by atoms with van der Waals surface area (Å²) in [7, 11) is 0. The Morgan fingerprint density at radius 1 is 1.31 bits per heavy atom. The third kappa shape index (κ3) is 1.97. The van der Waals surface area contributed by atoms with Crippen molar-refractivity contribution in [2.75, 3.05) is 0 Å². The number of hydrogen-bond acceptors (Lipinski definition) is 4. The highest BCUT2D eigenvalue weighted by Gasteiger charge is 2.17. The van der Waals surface area contributed by atoms with E-state index in [2.05, 4.69) is 17.6 Å². The molecule has 0 saturated heterocycles. The van der Waals surface area contributed by atoms with Crippen LogP contribution in [0.25, 0.3) is 0 Å². The summed E-state index contributed by atoms with van der Waals surface area (Å²) in [5, 5.41) is 17.2. The molecule has 1 aromatic heterocycles. The fourth-order valence-corrected chi connectivity index (χ4v) is 0.974. The summed E-state index contributed by atoms with van der Waals surface area (Å²) in [4.78, 5) is 24.8. The molecular formula is C7H5NO4S. The lowest BCUT2D eigenvalue weighted by Crippen LogP contribution is -2.10. The molecule has 0 atom stereocenters. The fourth-order valence-electron chi connectivity index (χ4n) is 0.787. The van der Waals surface area contributed by atoms with Crippen molar-refractivity contribution in [1.29, 1.82) is 0 Å². The smallest absolute Gasteiger partial charge is 0.355 e. The van der Waals surface area contributed by atoms with E-state index in [1.165, 1.54) is 6.20 Å². The lowest BCUT2D eigenvalue weighted by atomic mass is 10.2. The van der Waals surface area contributed by atoms with Gasteiger partial charge in [0.1, 0.15) is 0 Å². The monoisotopic (exact) mass is 199 g/mol. The second-order valence-electron chi connectivity index (χ2n) is 2.20. The molecule has 0 fully saturated rings. The number of carbonyl (C=O) groups is 2. The van der Waals surface area contributed by atoms with Gasteiger partial charge in [-0.25, -0.2) is 14.6 Å². The van der Waals surface area contributed by atoms with Crippen molar-refractivity contribution >= 4 is 24.6 Å². The molecule has 0 aromatic carbocycles. The van der Waals surface area contributed by atoms with Crippen LogP contribution in [-0.2, 0) is 0 Å². The van der Waals surface area contributed by atoms with Crippen LogP contribution in [-0.4, -0.2) is 27.1 Å². The molecule has 13 heavy (non-hydrogen) atoms. The summed E-state index contributed by atoms with van der Waals surface area (Å²) in [5.41, 5.74) is -0.842. The molecular weight excluding hydrogens is 194 g/mol. The first-order valence-corrected chi connectivity index (χ1v) is 3.62. The third-order valence-corrected chi connectivity index (χ3v) is 1.55. The van der Waals surface area contributed by atoms with Gasteiger partial charge in [-0.15, -0.1) is 12.6 Å². The summed E-state index contributed by atoms with van der Waals surface area (Å²) < 4.78 is 0. The molecule has 6 heteroatoms. The van der Waals surface area contributed by atoms with Gasteiger partial charge in [0.2, 0.25) is 0 Å². The molecule has 0 aliphatic heterocycles. The summed E-state index contributed by atoms with van der Waals surface area (Å²) in [6, 6.07) is 1.14. The molecule has 0 spiro atoms. The van der Waals surface area contributed by atoms with Gasteiger partial charge in [-0.3, -0.25) is 0 Å². The van der Waals surface area contributed by atoms with Gasteiger partial charge >= 0.3 is 11.9 Å². The molecule has 0 bridgehead atoms. The second-order valence-corrected chi connectivity index (χ2v) is 2.72. The molecule has 68 valence electrons. The van der Waals surface area contributed by atoms with Crippen molar-refractivity contribution in [3.8, 4) is 0 Å². The highest BCUT2D eigenvalue weighted by atomic mass is 32.1. The first kappa shape index (κ1) is 9.53. The van der Waals surface area contributed by atoms with E-state index in [9.17, 15) is 9.59 Å². The van der Waals surface area contributed by atoms with Crippen molar-refractivity contribution in [2.24, 2.45) is 0 Å². The maximum atomic E-state index is 10.5. The first-order valence-electron chi connectivity index (χ1n) is 3.18. The molecule has 0 radical (unpaired) electrons. The summed E-state index contributed by atoms with van der Waals surface area (Å²) in [6.45, 7) is 0. The first-order chi connectivity index (χ1) is 6.02. The van der Waals surface area contributed by atoms with Crippen molar-refractivity contribution in [2.45, 2.75) is 4.90 Å². The highest BCUT2D eigenvalue weighted by molar-refractivity contribution is 7.80. The van der Waals surface area contributed by atoms with Crippen LogP contribution < -0.4 is 0 Å². The zero-order valence-corrected chi connectivity index (χ0v) is 7.15. The van der Waals surface area contributed by atoms with Crippen molar-refractivity contribution in [3.63, 3.8) is 0 Å². The SMILES string of the molecule is O=C(O)c1cc(S)cnc1C(=O)O. The molecule has 2 N–H and O–H groups in total. The number of rotatable bonds is 2. The fraction of sp³-hybridized carbons (Fsp3) is 0. The normalized spacial score (nSPS) is 9.62. The molecule has 5 nitrogen and oxygen atoms in total. The zero-order valence-electron chi connectivity index (χ0n) is 6.26. The van der Waals surface area contributed by atoms with Crippen molar-refractivity contribution in [1.82, 2.24) is 4.98 Å². The summed E-state index contributed by atoms with van der Waals surface area (Å²) in [5.74, 6) is -2.70. The second kappa shape index (κ2) is 3.44. The standard InChI is InChI=1S/C7H5NO4S/c9-6(10)4-1-3(13)2-8-5(4)7(11)12/h1-2,13H,(H,9,10)(H,11,12). The van der Waals surface area contributed by atoms with Crippen molar-refractivity contribution in [3.05, 3.63) is 23.5 Å². The minimum absolute atomic E-state index is 0.308. The number of thiol groups is 1. The van der Waals surface area contributed by atoms with E-state index in [-0.39, 0.29) is 5.56 Å². The quantitative estimate of drug-likeness (QED) is 0.612. The van der Waals surface area contributed by atoms with E-state index in [4.69, 9.17) is 10.2 Å². The van der Waals surface area contributed by atoms with E-state index in [1.807, 2.05) is 0 Å². The van der Waals surface area contributed by atoms with Gasteiger partial charge < -0.3 is 10.2 Å². The van der Waals surface area contributed by atoms with Crippen LogP contribution in [0.5, 0.6) is 0 Å². The van der Waals surface area contributed by atoms with Crippen LogP contribution >= 0.6 is 12.6 Å². The molecule has 0 aliphatic carbocycles. The van der Waals surface area contributed by atoms with Gasteiger partial charge in [-0.1, -0.05) is 0 Å². The van der Waals surface area contributed by atoms with E-state index in [0.717, 1.165) is 6.07 Å². The van der Waals surface area contributed by atoms with E-state index in [0.29, 0.717) is 4.90 Å². The number of pyridine rings is 1. The van der Waals surface area contributed by atoms with Crippen LogP contribution in [0.3, 0.4) is 0 Å². The Balaban J connectivity index is 3.35. The molecule has 0 saturated carbocycles. The molecule has 1 aromatic rings. The van der Waals surface area contributed by atoms with Gasteiger partial charge in [0.15, 0.2) is 5.69 Å². The van der Waals surface area contributed by atoms with E-state index < -0.39 is 17.6 Å². The van der Waals surface area contributed by atoms with Gasteiger partial charge in [-0.05, 0) is 6.07 Å². The number of carboxylic acids is 2. The Morgan fingerprint density at radius 2 is 1.92 bits per heavy atom. The Kier molecular flexibility index (Phi) is 2.52. The number of nitrogens with zero attached hydrogens (tertiary/aromatic N) is 1. The Hall–Kier alpha value is -1.56. The topological polar surface area (TPSA) is 87.5 Å². The van der Waals surface area contributed by atoms with E-state index >= 15 is 0 Å². The van der Waals surface area contributed by atoms with Crippen LogP contribution in [0.4, 0.5) is 0 Å². The summed E-state index contributed by atoms with van der Waals surface area (Å²) >= 11 is 3.85. The number of carboxylic acid groups (broad SMARTS) is 2. The molecule has 0 unspecified atom stereocenters. The average molecular weight is 199 g/mol. The van der Waals surface area contributed by atoms with Gasteiger partial charge in [0.25, 0.3) is 0 Å². The Morgan fingerprint density at radius 3 is 2.38 bits per heavy atom. The highest BCUT2D eigenvalue weighted by Crippen LogP contribution is 2.11. The van der Waals surface area contributed by atoms with Crippen LogP contribution in [0.15, 0.2) is 17.2 Å². The lowest BCUT2D eigenvalue weighted by molar-refractivity contribution is 0.0646. The molecule has 1 rings (SSSR count).